The number of benzene rings is 1. The number of likely N-dealkylation sites (tertiary alicyclic amines) is 1. The Morgan fingerprint density at radius 1 is 1.33 bits per heavy atom. The fraction of sp³-hybridized carbons (Fsp3) is 0.545. The molecule has 0 saturated carbocycles. The average Bonchev–Trinajstić information content (AvgIpc) is 3.10. The molecule has 1 aromatic heterocycles. The molecule has 1 aliphatic heterocycles. The molecule has 1 atom stereocenters. The first kappa shape index (κ1) is 19.6. The normalized spacial score (nSPS) is 20.7. The van der Waals surface area contributed by atoms with E-state index in [2.05, 4.69) is 29.2 Å². The van der Waals surface area contributed by atoms with Crippen molar-refractivity contribution in [3.8, 4) is 11.3 Å². The fourth-order valence-corrected chi connectivity index (χ4v) is 4.13. The third-order valence-corrected chi connectivity index (χ3v) is 5.24. The molecule has 27 heavy (non-hydrogen) atoms. The highest BCUT2D eigenvalue weighted by Crippen LogP contribution is 2.35. The zero-order chi connectivity index (χ0) is 19.3. The number of hydrogen-bond donors (Lipinski definition) is 1. The average molecular weight is 370 g/mol. The van der Waals surface area contributed by atoms with Crippen LogP contribution in [-0.2, 0) is 11.2 Å². The van der Waals surface area contributed by atoms with Gasteiger partial charge in [0.05, 0.1) is 5.41 Å². The number of rotatable bonds is 7. The van der Waals surface area contributed by atoms with E-state index < -0.39 is 5.41 Å². The molecule has 3 rings (SSSR count). The van der Waals surface area contributed by atoms with Gasteiger partial charge in [0, 0.05) is 37.7 Å². The molecule has 0 bridgehead atoms. The van der Waals surface area contributed by atoms with E-state index in [4.69, 9.17) is 4.52 Å². The Kier molecular flexibility index (Phi) is 6.32. The lowest BCUT2D eigenvalue weighted by molar-refractivity contribution is -0.134. The zero-order valence-corrected chi connectivity index (χ0v) is 16.7. The number of amides is 1. The van der Waals surface area contributed by atoms with Crippen molar-refractivity contribution in [1.29, 1.82) is 0 Å². The van der Waals surface area contributed by atoms with Crippen LogP contribution >= 0.6 is 0 Å². The third-order valence-electron chi connectivity index (χ3n) is 5.24. The molecule has 1 N–H and O–H groups in total. The molecule has 1 fully saturated rings. The van der Waals surface area contributed by atoms with Crippen molar-refractivity contribution in [3.63, 3.8) is 0 Å². The number of piperidine rings is 1. The van der Waals surface area contributed by atoms with Crippen LogP contribution in [0.15, 0.2) is 40.9 Å². The van der Waals surface area contributed by atoms with Gasteiger partial charge in [0.2, 0.25) is 5.91 Å². The minimum atomic E-state index is -0.448. The second-order valence-electron chi connectivity index (χ2n) is 8.09. The topological polar surface area (TPSA) is 58.4 Å². The van der Waals surface area contributed by atoms with Gasteiger partial charge in [0.15, 0.2) is 0 Å². The van der Waals surface area contributed by atoms with Crippen LogP contribution in [0.3, 0.4) is 0 Å². The summed E-state index contributed by atoms with van der Waals surface area (Å²) in [5.74, 6) is 1.51. The number of nitrogens with zero attached hydrogens (tertiary/aromatic N) is 2. The molecule has 0 radical (unpaired) electrons. The molecule has 1 saturated heterocycles. The van der Waals surface area contributed by atoms with Gasteiger partial charge in [-0.3, -0.25) is 4.79 Å². The Bertz CT molecular complexity index is 741. The molecule has 2 heterocycles. The van der Waals surface area contributed by atoms with Gasteiger partial charge >= 0.3 is 0 Å². The van der Waals surface area contributed by atoms with Gasteiger partial charge in [-0.25, -0.2) is 0 Å². The van der Waals surface area contributed by atoms with Crippen LogP contribution in [0.2, 0.25) is 0 Å². The summed E-state index contributed by atoms with van der Waals surface area (Å²) >= 11 is 0. The molecular formula is C22H31N3O2. The first-order valence-electron chi connectivity index (χ1n) is 10.0. The van der Waals surface area contributed by atoms with Crippen molar-refractivity contribution in [2.24, 2.45) is 11.3 Å². The largest absolute Gasteiger partial charge is 0.361 e. The van der Waals surface area contributed by atoms with Gasteiger partial charge < -0.3 is 14.7 Å². The minimum absolute atomic E-state index is 0.135. The molecule has 0 spiro atoms. The Morgan fingerprint density at radius 2 is 2.11 bits per heavy atom. The lowest BCUT2D eigenvalue weighted by atomic mass is 9.75. The maximum Gasteiger partial charge on any atom is 0.227 e. The molecule has 1 amide bonds. The Hall–Kier alpha value is -2.14. The lowest BCUT2D eigenvalue weighted by Gasteiger charge is -2.41. The predicted molar refractivity (Wildman–Crippen MR) is 107 cm³/mol. The number of carbonyl (C=O) groups is 1. The maximum absolute atomic E-state index is 13.0. The van der Waals surface area contributed by atoms with E-state index in [1.807, 2.05) is 43.3 Å². The minimum Gasteiger partial charge on any atom is -0.361 e. The van der Waals surface area contributed by atoms with Crippen LogP contribution in [0.5, 0.6) is 0 Å². The quantitative estimate of drug-likeness (QED) is 0.807. The first-order chi connectivity index (χ1) is 13.0. The van der Waals surface area contributed by atoms with E-state index in [1.54, 1.807) is 0 Å². The van der Waals surface area contributed by atoms with E-state index in [0.717, 1.165) is 49.5 Å². The summed E-state index contributed by atoms with van der Waals surface area (Å²) in [5, 5.41) is 7.30. The monoisotopic (exact) mass is 369 g/mol. The molecule has 5 heteroatoms. The van der Waals surface area contributed by atoms with E-state index >= 15 is 0 Å². The second kappa shape index (κ2) is 8.70. The van der Waals surface area contributed by atoms with Crippen molar-refractivity contribution < 1.29 is 9.32 Å². The smallest absolute Gasteiger partial charge is 0.227 e. The number of aromatic nitrogens is 1. The summed E-state index contributed by atoms with van der Waals surface area (Å²) in [4.78, 5) is 15.5. The van der Waals surface area contributed by atoms with Crippen LogP contribution in [-0.4, -0.2) is 42.1 Å². The standard InChI is InChI=1S/C22H31N3O2/c1-4-23-21(26)22(11-8-12-25(16-22)15-17(2)3)14-19-13-20(24-27-19)18-9-6-5-7-10-18/h5-7,9-10,13,17H,4,8,11-12,14-16H2,1-3H3,(H,23,26)/t22-/m1/s1. The molecule has 0 aliphatic carbocycles. The molecule has 1 aromatic carbocycles. The van der Waals surface area contributed by atoms with Gasteiger partial charge in [-0.1, -0.05) is 49.3 Å². The second-order valence-corrected chi connectivity index (χ2v) is 8.09. The summed E-state index contributed by atoms with van der Waals surface area (Å²) in [6, 6.07) is 12.0. The van der Waals surface area contributed by atoms with Crippen molar-refractivity contribution in [2.45, 2.75) is 40.0 Å². The summed E-state index contributed by atoms with van der Waals surface area (Å²) in [7, 11) is 0. The van der Waals surface area contributed by atoms with Gasteiger partial charge in [0.1, 0.15) is 11.5 Å². The number of carbonyl (C=O) groups excluding carboxylic acids is 1. The SMILES string of the molecule is CCNC(=O)[C@@]1(Cc2cc(-c3ccccc3)no2)CCCN(CC(C)C)C1. The molecule has 5 nitrogen and oxygen atoms in total. The van der Waals surface area contributed by atoms with Crippen molar-refractivity contribution >= 4 is 5.91 Å². The van der Waals surface area contributed by atoms with E-state index in [0.29, 0.717) is 18.9 Å². The van der Waals surface area contributed by atoms with E-state index in [-0.39, 0.29) is 5.91 Å². The van der Waals surface area contributed by atoms with E-state index in [1.165, 1.54) is 0 Å². The van der Waals surface area contributed by atoms with Crippen LogP contribution in [0, 0.1) is 11.3 Å². The number of nitrogens with one attached hydrogen (secondary N) is 1. The summed E-state index contributed by atoms with van der Waals surface area (Å²) in [6.45, 7) is 9.94. The zero-order valence-electron chi connectivity index (χ0n) is 16.7. The molecule has 2 aromatic rings. The first-order valence-corrected chi connectivity index (χ1v) is 10.0. The number of hydrogen-bond acceptors (Lipinski definition) is 4. The van der Waals surface area contributed by atoms with Crippen LogP contribution in [0.25, 0.3) is 11.3 Å². The van der Waals surface area contributed by atoms with Crippen molar-refractivity contribution in [2.75, 3.05) is 26.2 Å². The fourth-order valence-electron chi connectivity index (χ4n) is 4.13. The van der Waals surface area contributed by atoms with Crippen molar-refractivity contribution in [3.05, 3.63) is 42.2 Å². The van der Waals surface area contributed by atoms with Crippen LogP contribution in [0.1, 0.15) is 39.4 Å². The summed E-state index contributed by atoms with van der Waals surface area (Å²) in [5.41, 5.74) is 1.41. The molecule has 146 valence electrons. The third kappa shape index (κ3) is 4.78. The van der Waals surface area contributed by atoms with Crippen LogP contribution < -0.4 is 5.32 Å². The highest BCUT2D eigenvalue weighted by atomic mass is 16.5. The highest BCUT2D eigenvalue weighted by molar-refractivity contribution is 5.83. The van der Waals surface area contributed by atoms with Crippen LogP contribution in [0.4, 0.5) is 0 Å². The maximum atomic E-state index is 13.0. The van der Waals surface area contributed by atoms with Gasteiger partial charge in [0.25, 0.3) is 0 Å². The Balaban J connectivity index is 1.82. The van der Waals surface area contributed by atoms with E-state index in [9.17, 15) is 4.79 Å². The predicted octanol–water partition coefficient (Wildman–Crippen LogP) is 3.76. The van der Waals surface area contributed by atoms with Gasteiger partial charge in [-0.2, -0.15) is 0 Å². The highest BCUT2D eigenvalue weighted by Gasteiger charge is 2.43. The lowest BCUT2D eigenvalue weighted by Crippen LogP contribution is -2.53. The summed E-state index contributed by atoms with van der Waals surface area (Å²) < 4.78 is 5.64. The summed E-state index contributed by atoms with van der Waals surface area (Å²) in [6.07, 6.45) is 2.51. The molecule has 1 aliphatic rings. The van der Waals surface area contributed by atoms with Gasteiger partial charge in [-0.05, 0) is 32.2 Å². The Labute approximate surface area is 162 Å². The Morgan fingerprint density at radius 3 is 2.81 bits per heavy atom. The molecule has 0 unspecified atom stereocenters. The van der Waals surface area contributed by atoms with Crippen molar-refractivity contribution in [1.82, 2.24) is 15.4 Å². The van der Waals surface area contributed by atoms with Gasteiger partial charge in [-0.15, -0.1) is 0 Å². The molecular weight excluding hydrogens is 338 g/mol.